The molecule has 0 amide bonds. The third-order valence-corrected chi connectivity index (χ3v) is 9.47. The predicted octanol–water partition coefficient (Wildman–Crippen LogP) is 12.5. The maximum atomic E-state index is 2.41. The topological polar surface area (TPSA) is 3.24 Å². The SMILES string of the molecule is CC1(C)c2ccc(N(c3ccc(-c4ccccc4)cc3)c3cccc(-c4ccccc4)c3)cc2-c2c(-c3ccccc3)cccc21. The molecule has 8 rings (SSSR count). The van der Waals surface area contributed by atoms with E-state index in [1.165, 1.54) is 55.6 Å². The first-order valence-electron chi connectivity index (χ1n) is 16.0. The van der Waals surface area contributed by atoms with Crippen molar-refractivity contribution in [3.05, 3.63) is 187 Å². The first kappa shape index (κ1) is 27.9. The van der Waals surface area contributed by atoms with Crippen LogP contribution < -0.4 is 4.90 Å². The van der Waals surface area contributed by atoms with Crippen LogP contribution in [0.1, 0.15) is 25.0 Å². The molecule has 0 saturated carbocycles. The molecule has 0 fully saturated rings. The number of hydrogen-bond acceptors (Lipinski definition) is 1. The average molecular weight is 590 g/mol. The number of fused-ring (bicyclic) bond motifs is 3. The first-order chi connectivity index (χ1) is 22.6. The summed E-state index contributed by atoms with van der Waals surface area (Å²) >= 11 is 0. The lowest BCUT2D eigenvalue weighted by atomic mass is 9.82. The Bertz CT molecular complexity index is 2140. The first-order valence-corrected chi connectivity index (χ1v) is 16.0. The van der Waals surface area contributed by atoms with E-state index in [4.69, 9.17) is 0 Å². The lowest BCUT2D eigenvalue weighted by molar-refractivity contribution is 0.660. The van der Waals surface area contributed by atoms with Gasteiger partial charge in [0.15, 0.2) is 0 Å². The van der Waals surface area contributed by atoms with Crippen LogP contribution in [0.2, 0.25) is 0 Å². The predicted molar refractivity (Wildman–Crippen MR) is 195 cm³/mol. The van der Waals surface area contributed by atoms with Crippen molar-refractivity contribution in [3.63, 3.8) is 0 Å². The Balaban J connectivity index is 1.31. The largest absolute Gasteiger partial charge is 0.310 e. The van der Waals surface area contributed by atoms with Crippen molar-refractivity contribution in [1.29, 1.82) is 0 Å². The lowest BCUT2D eigenvalue weighted by Gasteiger charge is -2.28. The monoisotopic (exact) mass is 589 g/mol. The van der Waals surface area contributed by atoms with Crippen LogP contribution in [-0.2, 0) is 5.41 Å². The maximum Gasteiger partial charge on any atom is 0.0468 e. The molecular formula is C45H35N. The van der Waals surface area contributed by atoms with Crippen molar-refractivity contribution in [2.75, 3.05) is 4.90 Å². The van der Waals surface area contributed by atoms with Gasteiger partial charge in [0.1, 0.15) is 0 Å². The zero-order chi connectivity index (χ0) is 31.1. The summed E-state index contributed by atoms with van der Waals surface area (Å²) in [6.45, 7) is 4.71. The number of anilines is 3. The molecule has 220 valence electrons. The van der Waals surface area contributed by atoms with Crippen LogP contribution in [0, 0.1) is 0 Å². The van der Waals surface area contributed by atoms with Gasteiger partial charge >= 0.3 is 0 Å². The highest BCUT2D eigenvalue weighted by Gasteiger charge is 2.37. The van der Waals surface area contributed by atoms with Crippen LogP contribution in [0.5, 0.6) is 0 Å². The second-order valence-electron chi connectivity index (χ2n) is 12.6. The van der Waals surface area contributed by atoms with Gasteiger partial charge < -0.3 is 4.90 Å². The van der Waals surface area contributed by atoms with Crippen molar-refractivity contribution >= 4 is 17.1 Å². The van der Waals surface area contributed by atoms with Crippen LogP contribution in [0.15, 0.2) is 176 Å². The van der Waals surface area contributed by atoms with Crippen LogP contribution in [-0.4, -0.2) is 0 Å². The number of benzene rings is 7. The minimum absolute atomic E-state index is 0.0939. The summed E-state index contributed by atoms with van der Waals surface area (Å²) in [4.78, 5) is 2.40. The summed E-state index contributed by atoms with van der Waals surface area (Å²) in [5.74, 6) is 0. The molecule has 0 atom stereocenters. The molecule has 0 N–H and O–H groups in total. The van der Waals surface area contributed by atoms with Crippen molar-refractivity contribution < 1.29 is 0 Å². The van der Waals surface area contributed by atoms with Gasteiger partial charge in [-0.1, -0.05) is 153 Å². The maximum absolute atomic E-state index is 2.41. The molecule has 7 aromatic carbocycles. The van der Waals surface area contributed by atoms with Gasteiger partial charge in [-0.25, -0.2) is 0 Å². The molecule has 1 nitrogen and oxygen atoms in total. The van der Waals surface area contributed by atoms with Gasteiger partial charge in [0.2, 0.25) is 0 Å². The number of hydrogen-bond donors (Lipinski definition) is 0. The van der Waals surface area contributed by atoms with Crippen molar-refractivity contribution in [1.82, 2.24) is 0 Å². The molecule has 46 heavy (non-hydrogen) atoms. The van der Waals surface area contributed by atoms with Crippen LogP contribution in [0.3, 0.4) is 0 Å². The molecule has 1 aliphatic rings. The Labute approximate surface area is 272 Å². The fourth-order valence-electron chi connectivity index (χ4n) is 7.13. The van der Waals surface area contributed by atoms with Crippen LogP contribution >= 0.6 is 0 Å². The van der Waals surface area contributed by atoms with Gasteiger partial charge in [0.25, 0.3) is 0 Å². The van der Waals surface area contributed by atoms with E-state index in [2.05, 4.69) is 195 Å². The van der Waals surface area contributed by atoms with E-state index in [1.807, 2.05) is 0 Å². The van der Waals surface area contributed by atoms with E-state index in [0.717, 1.165) is 17.1 Å². The summed E-state index contributed by atoms with van der Waals surface area (Å²) < 4.78 is 0. The van der Waals surface area contributed by atoms with Gasteiger partial charge in [-0.15, -0.1) is 0 Å². The second-order valence-corrected chi connectivity index (χ2v) is 12.6. The van der Waals surface area contributed by atoms with Gasteiger partial charge in [-0.05, 0) is 92.0 Å². The normalized spacial score (nSPS) is 12.7. The highest BCUT2D eigenvalue weighted by Crippen LogP contribution is 2.53. The van der Waals surface area contributed by atoms with Crippen LogP contribution in [0.25, 0.3) is 44.5 Å². The zero-order valence-corrected chi connectivity index (χ0v) is 26.2. The molecule has 0 spiro atoms. The smallest absolute Gasteiger partial charge is 0.0468 e. The standard InChI is InChI=1S/C45H35N/c1-45(2)42-29-28-39(31-41(42)44-40(22-13-23-43(44)45)35-18-10-5-11-19-35)46(37-26-24-34(25-27-37)32-14-6-3-7-15-32)38-21-12-20-36(30-38)33-16-8-4-9-17-33/h3-31H,1-2H3. The Morgan fingerprint density at radius 1 is 0.348 bits per heavy atom. The summed E-state index contributed by atoms with van der Waals surface area (Å²) in [6.07, 6.45) is 0. The molecule has 0 radical (unpaired) electrons. The zero-order valence-electron chi connectivity index (χ0n) is 26.2. The fourth-order valence-corrected chi connectivity index (χ4v) is 7.13. The summed E-state index contributed by atoms with van der Waals surface area (Å²) in [6, 6.07) is 63.7. The van der Waals surface area contributed by atoms with Crippen LogP contribution in [0.4, 0.5) is 17.1 Å². The van der Waals surface area contributed by atoms with E-state index < -0.39 is 0 Å². The quantitative estimate of drug-likeness (QED) is 0.186. The van der Waals surface area contributed by atoms with Crippen molar-refractivity contribution in [2.24, 2.45) is 0 Å². The molecule has 0 aromatic heterocycles. The van der Waals surface area contributed by atoms with Crippen molar-refractivity contribution in [3.8, 4) is 44.5 Å². The summed E-state index contributed by atoms with van der Waals surface area (Å²) in [7, 11) is 0. The number of nitrogens with zero attached hydrogens (tertiary/aromatic N) is 1. The third-order valence-electron chi connectivity index (χ3n) is 9.47. The Morgan fingerprint density at radius 2 is 0.870 bits per heavy atom. The Kier molecular flexibility index (Phi) is 6.88. The average Bonchev–Trinajstić information content (AvgIpc) is 3.36. The van der Waals surface area contributed by atoms with E-state index in [0.29, 0.717) is 0 Å². The molecule has 1 heteroatoms. The minimum atomic E-state index is -0.0939. The highest BCUT2D eigenvalue weighted by molar-refractivity contribution is 5.95. The second kappa shape index (κ2) is 11.4. The molecular weight excluding hydrogens is 555 g/mol. The Morgan fingerprint density at radius 3 is 1.54 bits per heavy atom. The third kappa shape index (κ3) is 4.82. The summed E-state index contributed by atoms with van der Waals surface area (Å²) in [5, 5.41) is 0. The number of rotatable bonds is 6. The van der Waals surface area contributed by atoms with Gasteiger partial charge in [0, 0.05) is 22.5 Å². The molecule has 0 aliphatic heterocycles. The van der Waals surface area contributed by atoms with Gasteiger partial charge in [0.05, 0.1) is 0 Å². The molecule has 7 aromatic rings. The molecule has 0 unspecified atom stereocenters. The Hall–Kier alpha value is -5.66. The molecule has 0 bridgehead atoms. The van der Waals surface area contributed by atoms with E-state index in [9.17, 15) is 0 Å². The van der Waals surface area contributed by atoms with Gasteiger partial charge in [-0.2, -0.15) is 0 Å². The van der Waals surface area contributed by atoms with E-state index in [-0.39, 0.29) is 5.41 Å². The summed E-state index contributed by atoms with van der Waals surface area (Å²) in [5.41, 5.74) is 16.1. The van der Waals surface area contributed by atoms with Gasteiger partial charge in [-0.3, -0.25) is 0 Å². The lowest BCUT2D eigenvalue weighted by Crippen LogP contribution is -2.15. The minimum Gasteiger partial charge on any atom is -0.310 e. The van der Waals surface area contributed by atoms with E-state index in [1.54, 1.807) is 0 Å². The van der Waals surface area contributed by atoms with E-state index >= 15 is 0 Å². The molecule has 0 saturated heterocycles. The highest BCUT2D eigenvalue weighted by atomic mass is 15.1. The van der Waals surface area contributed by atoms with Crippen molar-refractivity contribution in [2.45, 2.75) is 19.3 Å². The fraction of sp³-hybridized carbons (Fsp3) is 0.0667. The molecule has 1 aliphatic carbocycles. The molecule has 0 heterocycles.